The average molecular weight is 527 g/mol. The van der Waals surface area contributed by atoms with E-state index < -0.39 is 5.67 Å². The molecule has 3 aromatic rings. The van der Waals surface area contributed by atoms with Crippen LogP contribution in [0.1, 0.15) is 53.9 Å². The van der Waals surface area contributed by atoms with Crippen molar-refractivity contribution in [3.63, 3.8) is 0 Å². The lowest BCUT2D eigenvalue weighted by molar-refractivity contribution is -0.120. The van der Waals surface area contributed by atoms with Gasteiger partial charge in [0.2, 0.25) is 5.91 Å². The maximum atomic E-state index is 14.3. The molecule has 0 bridgehead atoms. The van der Waals surface area contributed by atoms with Crippen molar-refractivity contribution >= 4 is 35.8 Å². The number of amides is 2. The predicted octanol–water partition coefficient (Wildman–Crippen LogP) is 5.50. The number of alkyl halides is 1. The monoisotopic (exact) mass is 526 g/mol. The normalized spacial score (nSPS) is 14.1. The molecule has 0 radical (unpaired) electrons. The Labute approximate surface area is 227 Å². The van der Waals surface area contributed by atoms with Crippen LogP contribution < -0.4 is 10.6 Å². The summed E-state index contributed by atoms with van der Waals surface area (Å²) < 4.78 is 14.3. The molecular formula is C30H31FN6O2. The molecule has 9 heteroatoms. The minimum atomic E-state index is -1.66. The minimum absolute atomic E-state index is 0.0481. The van der Waals surface area contributed by atoms with Crippen LogP contribution in [0, 0.1) is 12.8 Å². The second kappa shape index (κ2) is 11.5. The van der Waals surface area contributed by atoms with Gasteiger partial charge in [-0.05, 0) is 81.8 Å². The molecule has 0 atom stereocenters. The zero-order chi connectivity index (χ0) is 28.2. The molecule has 0 saturated heterocycles. The van der Waals surface area contributed by atoms with E-state index >= 15 is 0 Å². The zero-order valence-electron chi connectivity index (χ0n) is 22.5. The number of nitrogens with zero attached hydrogens (tertiary/aromatic N) is 4. The first-order chi connectivity index (χ1) is 18.6. The van der Waals surface area contributed by atoms with Crippen molar-refractivity contribution in [2.45, 2.75) is 39.3 Å². The van der Waals surface area contributed by atoms with Crippen molar-refractivity contribution in [1.29, 1.82) is 0 Å². The van der Waals surface area contributed by atoms with E-state index in [9.17, 15) is 14.0 Å². The Morgan fingerprint density at radius 1 is 1.13 bits per heavy atom. The SMILES string of the molecule is C=N/C(=C\C(=NC)NC(=O)C1CC1)c1cncc(-c2cc(NC(=O)c3ccnc(C(C)(C)F)c3)ccc2C)c1. The van der Waals surface area contributed by atoms with E-state index in [4.69, 9.17) is 0 Å². The number of aliphatic imine (C=N–C) groups is 2. The number of carbonyl (C=O) groups is 2. The van der Waals surface area contributed by atoms with Gasteiger partial charge in [-0.3, -0.25) is 29.5 Å². The van der Waals surface area contributed by atoms with Crippen molar-refractivity contribution < 1.29 is 14.0 Å². The summed E-state index contributed by atoms with van der Waals surface area (Å²) in [5, 5.41) is 5.71. The lowest BCUT2D eigenvalue weighted by Crippen LogP contribution is -2.30. The highest BCUT2D eigenvalue weighted by Gasteiger charge is 2.30. The summed E-state index contributed by atoms with van der Waals surface area (Å²) in [6.45, 7) is 8.43. The van der Waals surface area contributed by atoms with Crippen molar-refractivity contribution in [3.8, 4) is 11.1 Å². The van der Waals surface area contributed by atoms with Gasteiger partial charge in [0.05, 0.1) is 11.4 Å². The molecule has 39 heavy (non-hydrogen) atoms. The number of amidine groups is 1. The molecule has 1 fully saturated rings. The Bertz CT molecular complexity index is 1480. The predicted molar refractivity (Wildman–Crippen MR) is 152 cm³/mol. The quantitative estimate of drug-likeness (QED) is 0.298. The fraction of sp³-hybridized carbons (Fsp3) is 0.267. The van der Waals surface area contributed by atoms with Crippen LogP contribution in [-0.2, 0) is 10.5 Å². The van der Waals surface area contributed by atoms with Crippen LogP contribution in [0.25, 0.3) is 16.8 Å². The Kier molecular flexibility index (Phi) is 8.09. The van der Waals surface area contributed by atoms with Gasteiger partial charge in [0, 0.05) is 60.0 Å². The van der Waals surface area contributed by atoms with E-state index in [1.54, 1.807) is 37.7 Å². The third-order valence-electron chi connectivity index (χ3n) is 6.36. The van der Waals surface area contributed by atoms with Crippen LogP contribution in [0.2, 0.25) is 0 Å². The van der Waals surface area contributed by atoms with Crippen LogP contribution >= 0.6 is 0 Å². The highest BCUT2D eigenvalue weighted by atomic mass is 19.1. The molecule has 1 aliphatic carbocycles. The second-order valence-electron chi connectivity index (χ2n) is 9.91. The molecule has 2 aromatic heterocycles. The maximum absolute atomic E-state index is 14.3. The summed E-state index contributed by atoms with van der Waals surface area (Å²) >= 11 is 0. The number of pyridine rings is 2. The van der Waals surface area contributed by atoms with Gasteiger partial charge in [-0.25, -0.2) is 4.39 Å². The van der Waals surface area contributed by atoms with Crippen molar-refractivity contribution in [3.05, 3.63) is 83.4 Å². The van der Waals surface area contributed by atoms with Crippen molar-refractivity contribution in [2.75, 3.05) is 12.4 Å². The first kappa shape index (κ1) is 27.5. The smallest absolute Gasteiger partial charge is 0.255 e. The maximum Gasteiger partial charge on any atom is 0.255 e. The van der Waals surface area contributed by atoms with Crippen LogP contribution in [0.3, 0.4) is 0 Å². The Hall–Kier alpha value is -4.53. The Morgan fingerprint density at radius 2 is 1.90 bits per heavy atom. The number of hydrogen-bond acceptors (Lipinski definition) is 6. The lowest BCUT2D eigenvalue weighted by atomic mass is 9.99. The van der Waals surface area contributed by atoms with Gasteiger partial charge in [0.15, 0.2) is 0 Å². The van der Waals surface area contributed by atoms with Gasteiger partial charge < -0.3 is 10.6 Å². The number of hydrogen-bond donors (Lipinski definition) is 2. The molecule has 200 valence electrons. The number of aromatic nitrogens is 2. The van der Waals surface area contributed by atoms with E-state index in [0.717, 1.165) is 29.5 Å². The summed E-state index contributed by atoms with van der Waals surface area (Å²) in [5.41, 5.74) is 3.24. The van der Waals surface area contributed by atoms with Gasteiger partial charge in [-0.1, -0.05) is 6.07 Å². The van der Waals surface area contributed by atoms with E-state index in [-0.39, 0.29) is 23.4 Å². The molecule has 0 spiro atoms. The fourth-order valence-electron chi connectivity index (χ4n) is 3.92. The summed E-state index contributed by atoms with van der Waals surface area (Å²) in [5.74, 6) is 0.0292. The largest absolute Gasteiger partial charge is 0.322 e. The van der Waals surface area contributed by atoms with Crippen molar-refractivity contribution in [1.82, 2.24) is 15.3 Å². The zero-order valence-corrected chi connectivity index (χ0v) is 22.5. The fourth-order valence-corrected chi connectivity index (χ4v) is 3.92. The summed E-state index contributed by atoms with van der Waals surface area (Å²) in [6.07, 6.45) is 8.26. The highest BCUT2D eigenvalue weighted by Crippen LogP contribution is 2.30. The standard InChI is InChI=1S/C30H31FN6O2/c1-18-6-9-23(36-29(39)20-10-11-35-26(13-20)30(2,3)31)14-24(18)21-12-22(17-34-16-21)25(32-4)15-27(33-5)37-28(38)19-7-8-19/h6,9-17,19H,4,7-8H2,1-3,5H3,(H,36,39)(H,33,37,38)/b25-15-. The van der Waals surface area contributed by atoms with Crippen LogP contribution in [0.5, 0.6) is 0 Å². The molecule has 0 unspecified atom stereocenters. The first-order valence-electron chi connectivity index (χ1n) is 12.6. The van der Waals surface area contributed by atoms with E-state index in [1.807, 2.05) is 25.1 Å². The third kappa shape index (κ3) is 6.87. The van der Waals surface area contributed by atoms with Crippen LogP contribution in [-0.4, -0.2) is 41.4 Å². The van der Waals surface area contributed by atoms with Gasteiger partial charge in [0.25, 0.3) is 5.91 Å². The van der Waals surface area contributed by atoms with Gasteiger partial charge in [-0.15, -0.1) is 0 Å². The summed E-state index contributed by atoms with van der Waals surface area (Å²) in [4.78, 5) is 41.8. The molecule has 1 aromatic carbocycles. The summed E-state index contributed by atoms with van der Waals surface area (Å²) in [6, 6.07) is 10.5. The average Bonchev–Trinajstić information content (AvgIpc) is 3.77. The summed E-state index contributed by atoms with van der Waals surface area (Å²) in [7, 11) is 1.60. The van der Waals surface area contributed by atoms with Crippen molar-refractivity contribution in [2.24, 2.45) is 15.9 Å². The second-order valence-corrected chi connectivity index (χ2v) is 9.91. The molecule has 4 rings (SSSR count). The highest BCUT2D eigenvalue weighted by molar-refractivity contribution is 6.08. The number of nitrogens with one attached hydrogen (secondary N) is 2. The number of rotatable bonds is 8. The number of carbonyl (C=O) groups excluding carboxylic acids is 2. The van der Waals surface area contributed by atoms with E-state index in [1.165, 1.54) is 26.1 Å². The molecule has 8 nitrogen and oxygen atoms in total. The third-order valence-corrected chi connectivity index (χ3v) is 6.36. The van der Waals surface area contributed by atoms with Crippen LogP contribution in [0.15, 0.2) is 71.0 Å². The first-order valence-corrected chi connectivity index (χ1v) is 12.6. The molecule has 2 amide bonds. The molecule has 1 saturated carbocycles. The van der Waals surface area contributed by atoms with E-state index in [0.29, 0.717) is 28.3 Å². The molecule has 2 N–H and O–H groups in total. The van der Waals surface area contributed by atoms with Gasteiger partial charge in [-0.2, -0.15) is 0 Å². The molecule has 2 heterocycles. The number of aryl methyl sites for hydroxylation is 1. The lowest BCUT2D eigenvalue weighted by Gasteiger charge is -2.15. The Balaban J connectivity index is 1.59. The number of anilines is 1. The van der Waals surface area contributed by atoms with Gasteiger partial charge >= 0.3 is 0 Å². The van der Waals surface area contributed by atoms with E-state index in [2.05, 4.69) is 37.3 Å². The topological polar surface area (TPSA) is 109 Å². The van der Waals surface area contributed by atoms with Crippen LogP contribution in [0.4, 0.5) is 10.1 Å². The van der Waals surface area contributed by atoms with Gasteiger partial charge in [0.1, 0.15) is 11.5 Å². The molecule has 1 aliphatic rings. The number of benzene rings is 1. The molecular weight excluding hydrogens is 495 g/mol. The minimum Gasteiger partial charge on any atom is -0.322 e. The number of halogens is 1. The molecule has 0 aliphatic heterocycles. The Morgan fingerprint density at radius 3 is 2.56 bits per heavy atom.